The summed E-state index contributed by atoms with van der Waals surface area (Å²) in [6.07, 6.45) is 12.0. The van der Waals surface area contributed by atoms with Crippen LogP contribution in [-0.2, 0) is 44.8 Å². The molecule has 422 valence electrons. The molecule has 0 spiro atoms. The Hall–Kier alpha value is -6.51. The van der Waals surface area contributed by atoms with Crippen LogP contribution in [0.3, 0.4) is 0 Å². The monoisotopic (exact) mass is 1070 g/mol. The van der Waals surface area contributed by atoms with Crippen molar-refractivity contribution in [2.45, 2.75) is 96.1 Å². The first-order chi connectivity index (χ1) is 37.0. The van der Waals surface area contributed by atoms with Gasteiger partial charge in [-0.1, -0.05) is 36.8 Å². The van der Waals surface area contributed by atoms with E-state index < -0.39 is 47.8 Å². The summed E-state index contributed by atoms with van der Waals surface area (Å²) in [7, 11) is 0. The number of nitrogens with zero attached hydrogens (tertiary/aromatic N) is 6. The maximum Gasteiger partial charge on any atom is 0.317 e. The number of amides is 4. The SMILES string of the molecule is C[C@@H](C(=O)NCC(=O)NCCCCCCc1ccc(C#Cc2cncc([C@H](CC(=O)O)NC(=O)[C@@H]3CCCN(C(=O)CCC4CCNCC4)C3)c2)cc1)N1CCN(CC(=O)O)CCN(CC(=O)O)CCN(CC(=O)O)CC1. The molecule has 0 saturated carbocycles. The van der Waals surface area contributed by atoms with Crippen molar-refractivity contribution in [3.8, 4) is 11.8 Å². The summed E-state index contributed by atoms with van der Waals surface area (Å²) in [5, 5.41) is 50.0. The zero-order valence-electron chi connectivity index (χ0n) is 44.6. The predicted molar refractivity (Wildman–Crippen MR) is 285 cm³/mol. The number of piperidine rings is 2. The van der Waals surface area contributed by atoms with E-state index in [0.717, 1.165) is 75.6 Å². The fourth-order valence-electron chi connectivity index (χ4n) is 9.97. The van der Waals surface area contributed by atoms with Gasteiger partial charge in [0.05, 0.1) is 50.6 Å². The van der Waals surface area contributed by atoms with E-state index in [2.05, 4.69) is 38.1 Å². The van der Waals surface area contributed by atoms with Gasteiger partial charge in [-0.15, -0.1) is 0 Å². The Kier molecular flexibility index (Phi) is 26.2. The fraction of sp³-hybridized carbons (Fsp3) is 0.618. The average Bonchev–Trinajstić information content (AvgIpc) is 3.40. The van der Waals surface area contributed by atoms with Crippen LogP contribution in [0.25, 0.3) is 0 Å². The number of aryl methyl sites for hydroxylation is 1. The summed E-state index contributed by atoms with van der Waals surface area (Å²) < 4.78 is 0. The third-order valence-electron chi connectivity index (χ3n) is 14.5. The minimum atomic E-state index is -1.07. The highest BCUT2D eigenvalue weighted by Gasteiger charge is 2.31. The number of likely N-dealkylation sites (tertiary alicyclic amines) is 1. The van der Waals surface area contributed by atoms with E-state index in [4.69, 9.17) is 0 Å². The zero-order valence-corrected chi connectivity index (χ0v) is 44.6. The highest BCUT2D eigenvalue weighted by Crippen LogP contribution is 2.24. The summed E-state index contributed by atoms with van der Waals surface area (Å²) in [6.45, 7) is 6.10. The highest BCUT2D eigenvalue weighted by molar-refractivity contribution is 5.87. The number of carboxylic acid groups (broad SMARTS) is 4. The molecule has 3 atom stereocenters. The van der Waals surface area contributed by atoms with Crippen LogP contribution in [0.4, 0.5) is 0 Å². The van der Waals surface area contributed by atoms with Gasteiger partial charge in [0.1, 0.15) is 0 Å². The molecule has 4 amide bonds. The van der Waals surface area contributed by atoms with Crippen molar-refractivity contribution in [2.24, 2.45) is 11.8 Å². The van der Waals surface area contributed by atoms with E-state index in [0.29, 0.717) is 55.9 Å². The summed E-state index contributed by atoms with van der Waals surface area (Å²) in [6, 6.07) is 8.16. The molecule has 3 fully saturated rings. The Morgan fingerprint density at radius 3 is 1.91 bits per heavy atom. The van der Waals surface area contributed by atoms with Crippen LogP contribution in [0.15, 0.2) is 42.7 Å². The van der Waals surface area contributed by atoms with Crippen molar-refractivity contribution in [1.82, 2.24) is 50.8 Å². The van der Waals surface area contributed by atoms with Gasteiger partial charge in [-0.2, -0.15) is 0 Å². The van der Waals surface area contributed by atoms with Crippen molar-refractivity contribution in [3.05, 3.63) is 65.0 Å². The second-order valence-electron chi connectivity index (χ2n) is 20.5. The van der Waals surface area contributed by atoms with Gasteiger partial charge in [-0.05, 0) is 107 Å². The number of unbranched alkanes of at least 4 members (excludes halogenated alkanes) is 3. The standard InChI is InChI=1S/C55H80N10O12/c1-40(64-29-27-62(38-52(72)73)25-23-61(37-51(70)71)24-26-63(28-30-64)39-53(74)75)54(76)59-35-48(66)58-19-5-3-2-4-7-41-9-11-42(12-10-41)13-14-44-31-46(34-57-33-44)47(32-50(68)69)60-55(77)45-8-6-22-65(36-45)49(67)16-15-43-17-20-56-21-18-43/h9-12,31,33-34,40,43,45,47,56H,2-8,15-30,32,35-39H2,1H3,(H,58,66)(H,59,76)(H,60,77)(H,68,69)(H,70,71)(H,72,73)(H,74,75)/t40-,45+,47-/m0/s1. The zero-order chi connectivity index (χ0) is 55.5. The van der Waals surface area contributed by atoms with Gasteiger partial charge < -0.3 is 46.6 Å². The molecular weight excluding hydrogens is 993 g/mol. The van der Waals surface area contributed by atoms with Gasteiger partial charge in [0.25, 0.3) is 0 Å². The molecule has 22 heteroatoms. The largest absolute Gasteiger partial charge is 0.481 e. The number of aromatic nitrogens is 1. The minimum Gasteiger partial charge on any atom is -0.481 e. The molecule has 0 radical (unpaired) electrons. The number of nitrogens with one attached hydrogen (secondary N) is 4. The van der Waals surface area contributed by atoms with Crippen LogP contribution >= 0.6 is 0 Å². The van der Waals surface area contributed by atoms with E-state index in [1.54, 1.807) is 45.0 Å². The number of hydrogen-bond acceptors (Lipinski definition) is 14. The Morgan fingerprint density at radius 1 is 0.701 bits per heavy atom. The van der Waals surface area contributed by atoms with Crippen molar-refractivity contribution < 1.29 is 58.8 Å². The lowest BCUT2D eigenvalue weighted by Crippen LogP contribution is -2.53. The molecule has 1 aromatic heterocycles. The molecule has 0 unspecified atom stereocenters. The van der Waals surface area contributed by atoms with Crippen molar-refractivity contribution in [2.75, 3.05) is 111 Å². The fourth-order valence-corrected chi connectivity index (χ4v) is 9.97. The summed E-state index contributed by atoms with van der Waals surface area (Å²) in [4.78, 5) is 112. The summed E-state index contributed by atoms with van der Waals surface area (Å²) in [5.74, 6) is 1.25. The number of rotatable bonds is 25. The summed E-state index contributed by atoms with van der Waals surface area (Å²) in [5.41, 5.74) is 3.05. The molecule has 5 rings (SSSR count). The van der Waals surface area contributed by atoms with Gasteiger partial charge in [-0.25, -0.2) is 0 Å². The molecule has 3 saturated heterocycles. The Morgan fingerprint density at radius 2 is 1.30 bits per heavy atom. The van der Waals surface area contributed by atoms with E-state index >= 15 is 0 Å². The molecule has 0 bridgehead atoms. The van der Waals surface area contributed by atoms with Crippen LogP contribution in [0.5, 0.6) is 0 Å². The van der Waals surface area contributed by atoms with E-state index in [1.807, 2.05) is 29.2 Å². The molecule has 4 heterocycles. The molecular formula is C55H80N10O12. The molecule has 3 aliphatic rings. The molecule has 2 aromatic rings. The van der Waals surface area contributed by atoms with E-state index in [9.17, 15) is 58.8 Å². The van der Waals surface area contributed by atoms with Gasteiger partial charge >= 0.3 is 23.9 Å². The first-order valence-corrected chi connectivity index (χ1v) is 27.2. The van der Waals surface area contributed by atoms with Gasteiger partial charge in [0.15, 0.2) is 0 Å². The smallest absolute Gasteiger partial charge is 0.317 e. The molecule has 22 nitrogen and oxygen atoms in total. The topological polar surface area (TPSA) is 295 Å². The van der Waals surface area contributed by atoms with Gasteiger partial charge in [0, 0.05) is 102 Å². The number of carbonyl (C=O) groups is 8. The second-order valence-corrected chi connectivity index (χ2v) is 20.5. The minimum absolute atomic E-state index is 0.0724. The number of carboxylic acids is 4. The highest BCUT2D eigenvalue weighted by atomic mass is 16.4. The average molecular weight is 1070 g/mol. The van der Waals surface area contributed by atoms with Crippen molar-refractivity contribution >= 4 is 47.5 Å². The van der Waals surface area contributed by atoms with Crippen molar-refractivity contribution in [1.29, 1.82) is 0 Å². The lowest BCUT2D eigenvalue weighted by molar-refractivity contribution is -0.140. The lowest BCUT2D eigenvalue weighted by Gasteiger charge is -2.35. The van der Waals surface area contributed by atoms with Crippen molar-refractivity contribution in [3.63, 3.8) is 0 Å². The number of carbonyl (C=O) groups excluding carboxylic acids is 4. The normalized spacial score (nSPS) is 18.5. The maximum absolute atomic E-state index is 13.5. The lowest BCUT2D eigenvalue weighted by atomic mass is 9.92. The van der Waals surface area contributed by atoms with Gasteiger partial charge in [0.2, 0.25) is 23.6 Å². The number of pyridine rings is 1. The van der Waals surface area contributed by atoms with Gasteiger partial charge in [-0.3, -0.25) is 62.9 Å². The third kappa shape index (κ3) is 23.3. The maximum atomic E-state index is 13.5. The van der Waals surface area contributed by atoms with E-state index in [1.165, 1.54) is 0 Å². The van der Waals surface area contributed by atoms with Crippen LogP contribution < -0.4 is 21.3 Å². The first kappa shape index (κ1) is 61.3. The third-order valence-corrected chi connectivity index (χ3v) is 14.5. The van der Waals surface area contributed by atoms with Crippen LogP contribution in [0, 0.1) is 23.7 Å². The molecule has 8 N–H and O–H groups in total. The quantitative estimate of drug-likeness (QED) is 0.0514. The van der Waals surface area contributed by atoms with E-state index in [-0.39, 0.29) is 103 Å². The Labute approximate surface area is 451 Å². The molecule has 0 aliphatic carbocycles. The predicted octanol–water partition coefficient (Wildman–Crippen LogP) is 1.33. The Balaban J connectivity index is 1.00. The second kappa shape index (κ2) is 32.9. The first-order valence-electron chi connectivity index (χ1n) is 27.2. The molecule has 1 aromatic carbocycles. The van der Waals surface area contributed by atoms with Crippen LogP contribution in [0.2, 0.25) is 0 Å². The number of benzene rings is 1. The number of hydrogen-bond donors (Lipinski definition) is 8. The molecule has 3 aliphatic heterocycles. The molecule has 77 heavy (non-hydrogen) atoms. The van der Waals surface area contributed by atoms with Crippen LogP contribution in [-0.4, -0.2) is 215 Å². The summed E-state index contributed by atoms with van der Waals surface area (Å²) >= 11 is 0. The van der Waals surface area contributed by atoms with Crippen LogP contribution in [0.1, 0.15) is 106 Å². The number of aliphatic carboxylic acids is 4. The Bertz CT molecular complexity index is 2310.